The van der Waals surface area contributed by atoms with Crippen LogP contribution in [0.25, 0.3) is 5.69 Å². The third kappa shape index (κ3) is 4.36. The summed E-state index contributed by atoms with van der Waals surface area (Å²) in [5.74, 6) is -0.466. The van der Waals surface area contributed by atoms with Crippen LogP contribution in [0.4, 0.5) is 5.69 Å². The Kier molecular flexibility index (Phi) is 5.86. The summed E-state index contributed by atoms with van der Waals surface area (Å²) in [7, 11) is 0. The summed E-state index contributed by atoms with van der Waals surface area (Å²) < 4.78 is 1.83. The van der Waals surface area contributed by atoms with Gasteiger partial charge >= 0.3 is 0 Å². The van der Waals surface area contributed by atoms with E-state index in [1.165, 1.54) is 5.56 Å². The van der Waals surface area contributed by atoms with Crippen molar-refractivity contribution in [3.05, 3.63) is 77.1 Å². The Morgan fingerprint density at radius 2 is 1.74 bits per heavy atom. The van der Waals surface area contributed by atoms with Crippen molar-refractivity contribution in [2.24, 2.45) is 5.73 Å². The van der Waals surface area contributed by atoms with E-state index in [1.807, 2.05) is 72.0 Å². The zero-order chi connectivity index (χ0) is 22.0. The van der Waals surface area contributed by atoms with Crippen molar-refractivity contribution in [2.45, 2.75) is 39.3 Å². The van der Waals surface area contributed by atoms with Crippen LogP contribution < -0.4 is 11.1 Å². The summed E-state index contributed by atoms with van der Waals surface area (Å²) in [5.41, 5.74) is 11.3. The maximum atomic E-state index is 12.7. The quantitative estimate of drug-likeness (QED) is 0.645. The van der Waals surface area contributed by atoms with Crippen molar-refractivity contribution < 1.29 is 9.59 Å². The Balaban J connectivity index is 1.44. The molecule has 0 saturated heterocycles. The topological polar surface area (TPSA) is 93.2 Å². The number of hydrogen-bond donors (Lipinski definition) is 2. The summed E-state index contributed by atoms with van der Waals surface area (Å²) >= 11 is 0. The first kappa shape index (κ1) is 20.8. The highest BCUT2D eigenvalue weighted by Gasteiger charge is 2.30. The molecule has 0 aliphatic carbocycles. The van der Waals surface area contributed by atoms with Gasteiger partial charge in [0.25, 0.3) is 0 Å². The van der Waals surface area contributed by atoms with E-state index in [0.717, 1.165) is 28.3 Å². The summed E-state index contributed by atoms with van der Waals surface area (Å²) in [5, 5.41) is 7.58. The Bertz CT molecular complexity index is 1110. The fraction of sp³-hybridized carbons (Fsp3) is 0.292. The molecule has 0 radical (unpaired) electrons. The third-order valence-electron chi connectivity index (χ3n) is 5.86. The van der Waals surface area contributed by atoms with Gasteiger partial charge in [-0.05, 0) is 43.5 Å². The Morgan fingerprint density at radius 1 is 1.06 bits per heavy atom. The molecule has 2 amide bonds. The first-order valence-corrected chi connectivity index (χ1v) is 10.5. The van der Waals surface area contributed by atoms with Crippen molar-refractivity contribution in [3.8, 4) is 5.69 Å². The van der Waals surface area contributed by atoms with Gasteiger partial charge in [0.15, 0.2) is 0 Å². The first-order valence-electron chi connectivity index (χ1n) is 10.5. The number of nitrogens with two attached hydrogens (primary N) is 1. The number of carbonyl (C=O) groups excluding carboxylic acids is 2. The van der Waals surface area contributed by atoms with E-state index in [1.54, 1.807) is 0 Å². The van der Waals surface area contributed by atoms with E-state index in [9.17, 15) is 9.59 Å². The molecule has 2 aromatic carbocycles. The molecule has 7 nitrogen and oxygen atoms in total. The smallest absolute Gasteiger partial charge is 0.235 e. The minimum Gasteiger partial charge on any atom is -0.368 e. The molecule has 160 valence electrons. The predicted molar refractivity (Wildman–Crippen MR) is 120 cm³/mol. The minimum absolute atomic E-state index is 0.110. The van der Waals surface area contributed by atoms with Crippen molar-refractivity contribution in [1.29, 1.82) is 0 Å². The molecule has 31 heavy (non-hydrogen) atoms. The second-order valence-electron chi connectivity index (χ2n) is 7.95. The summed E-state index contributed by atoms with van der Waals surface area (Å²) in [6, 6.07) is 17.5. The second kappa shape index (κ2) is 8.73. The molecule has 0 saturated carbocycles. The van der Waals surface area contributed by atoms with E-state index in [-0.39, 0.29) is 18.2 Å². The lowest BCUT2D eigenvalue weighted by Gasteiger charge is -2.34. The average Bonchev–Trinajstić information content (AvgIpc) is 3.05. The van der Waals surface area contributed by atoms with Crippen LogP contribution in [-0.4, -0.2) is 39.1 Å². The number of amides is 2. The zero-order valence-electron chi connectivity index (χ0n) is 17.8. The van der Waals surface area contributed by atoms with Crippen LogP contribution in [0, 0.1) is 13.8 Å². The van der Waals surface area contributed by atoms with Crippen molar-refractivity contribution in [2.75, 3.05) is 11.9 Å². The monoisotopic (exact) mass is 417 g/mol. The SMILES string of the molecule is Cc1nn(-c2ccccc2)c(C)c1NC(=O)CCN1Cc2ccccc2C[C@H]1C(N)=O. The number of hydrogen-bond acceptors (Lipinski definition) is 4. The van der Waals surface area contributed by atoms with Gasteiger partial charge in [0.2, 0.25) is 11.8 Å². The number of anilines is 1. The van der Waals surface area contributed by atoms with Gasteiger partial charge in [-0.25, -0.2) is 4.68 Å². The van der Waals surface area contributed by atoms with Gasteiger partial charge in [0.1, 0.15) is 0 Å². The Hall–Kier alpha value is -3.45. The zero-order valence-corrected chi connectivity index (χ0v) is 17.8. The molecule has 2 heterocycles. The molecule has 1 atom stereocenters. The summed E-state index contributed by atoms with van der Waals surface area (Å²) in [6.07, 6.45) is 0.844. The highest BCUT2D eigenvalue weighted by atomic mass is 16.2. The fourth-order valence-electron chi connectivity index (χ4n) is 4.18. The third-order valence-corrected chi connectivity index (χ3v) is 5.86. The van der Waals surface area contributed by atoms with Gasteiger partial charge in [-0.15, -0.1) is 0 Å². The largest absolute Gasteiger partial charge is 0.368 e. The van der Waals surface area contributed by atoms with Gasteiger partial charge in [-0.2, -0.15) is 5.10 Å². The van der Waals surface area contributed by atoms with Crippen LogP contribution in [0.5, 0.6) is 0 Å². The first-order chi connectivity index (χ1) is 14.9. The minimum atomic E-state index is -0.396. The molecular weight excluding hydrogens is 390 g/mol. The average molecular weight is 418 g/mol. The van der Waals surface area contributed by atoms with Gasteiger partial charge < -0.3 is 11.1 Å². The number of aryl methyl sites for hydroxylation is 1. The van der Waals surface area contributed by atoms with Crippen LogP contribution in [0.1, 0.15) is 28.9 Å². The number of benzene rings is 2. The Labute approximate surface area is 181 Å². The highest BCUT2D eigenvalue weighted by Crippen LogP contribution is 2.25. The number of primary amides is 1. The molecule has 0 unspecified atom stereocenters. The number of para-hydroxylation sites is 1. The lowest BCUT2D eigenvalue weighted by Crippen LogP contribution is -2.49. The lowest BCUT2D eigenvalue weighted by molar-refractivity contribution is -0.125. The van der Waals surface area contributed by atoms with Crippen LogP contribution >= 0.6 is 0 Å². The number of aromatic nitrogens is 2. The molecule has 3 aromatic rings. The molecular formula is C24H27N5O2. The molecule has 4 rings (SSSR count). The van der Waals surface area contributed by atoms with Crippen LogP contribution in [0.3, 0.4) is 0 Å². The van der Waals surface area contributed by atoms with Crippen LogP contribution in [0.2, 0.25) is 0 Å². The number of carbonyl (C=O) groups is 2. The molecule has 0 spiro atoms. The molecule has 3 N–H and O–H groups in total. The number of nitrogens with one attached hydrogen (secondary N) is 1. The van der Waals surface area contributed by atoms with E-state index >= 15 is 0 Å². The molecule has 7 heteroatoms. The maximum Gasteiger partial charge on any atom is 0.235 e. The van der Waals surface area contributed by atoms with Gasteiger partial charge in [0, 0.05) is 19.5 Å². The molecule has 1 aliphatic heterocycles. The van der Waals surface area contributed by atoms with Crippen molar-refractivity contribution in [1.82, 2.24) is 14.7 Å². The predicted octanol–water partition coefficient (Wildman–Crippen LogP) is 2.73. The van der Waals surface area contributed by atoms with Crippen LogP contribution in [-0.2, 0) is 22.6 Å². The van der Waals surface area contributed by atoms with Gasteiger partial charge in [-0.1, -0.05) is 42.5 Å². The maximum absolute atomic E-state index is 12.7. The molecule has 1 aliphatic rings. The highest BCUT2D eigenvalue weighted by molar-refractivity contribution is 5.92. The summed E-state index contributed by atoms with van der Waals surface area (Å²) in [6.45, 7) is 4.89. The number of nitrogens with zero attached hydrogens (tertiary/aromatic N) is 3. The van der Waals surface area contributed by atoms with E-state index in [2.05, 4.69) is 16.5 Å². The number of fused-ring (bicyclic) bond motifs is 1. The Morgan fingerprint density at radius 3 is 2.45 bits per heavy atom. The normalized spacial score (nSPS) is 16.0. The number of rotatable bonds is 6. The molecule has 0 fully saturated rings. The van der Waals surface area contributed by atoms with Gasteiger partial charge in [0.05, 0.1) is 28.8 Å². The standard InChI is InChI=1S/C24H27N5O2/c1-16-23(17(2)29(27-16)20-10-4-3-5-11-20)26-22(30)12-13-28-15-19-9-7-6-8-18(19)14-21(28)24(25)31/h3-11,21H,12-15H2,1-2H3,(H2,25,31)(H,26,30)/t21-/m0/s1. The van der Waals surface area contributed by atoms with Gasteiger partial charge in [-0.3, -0.25) is 14.5 Å². The fourth-order valence-corrected chi connectivity index (χ4v) is 4.18. The molecule has 1 aromatic heterocycles. The van der Waals surface area contributed by atoms with E-state index in [4.69, 9.17) is 5.73 Å². The van der Waals surface area contributed by atoms with E-state index < -0.39 is 6.04 Å². The van der Waals surface area contributed by atoms with Crippen LogP contribution in [0.15, 0.2) is 54.6 Å². The van der Waals surface area contributed by atoms with E-state index in [0.29, 0.717) is 19.5 Å². The lowest BCUT2D eigenvalue weighted by atomic mass is 9.93. The van der Waals surface area contributed by atoms with Crippen molar-refractivity contribution in [3.63, 3.8) is 0 Å². The van der Waals surface area contributed by atoms with Crippen molar-refractivity contribution >= 4 is 17.5 Å². The molecule has 0 bridgehead atoms. The summed E-state index contributed by atoms with van der Waals surface area (Å²) in [4.78, 5) is 26.7. The second-order valence-corrected chi connectivity index (χ2v) is 7.95.